The quantitative estimate of drug-likeness (QED) is 0.516. The first kappa shape index (κ1) is 19.1. The SMILES string of the molecule is COc1ccc(NC(=O)Cn2cc(NC(=O)c3ccc4ccccc4n3)cn2)cc1. The van der Waals surface area contributed by atoms with Gasteiger partial charge in [0.25, 0.3) is 5.91 Å². The summed E-state index contributed by atoms with van der Waals surface area (Å²) in [6.07, 6.45) is 3.08. The van der Waals surface area contributed by atoms with Crippen molar-refractivity contribution in [1.82, 2.24) is 14.8 Å². The monoisotopic (exact) mass is 401 g/mol. The van der Waals surface area contributed by atoms with Crippen molar-refractivity contribution in [1.29, 1.82) is 0 Å². The van der Waals surface area contributed by atoms with Gasteiger partial charge in [0, 0.05) is 17.3 Å². The van der Waals surface area contributed by atoms with Crippen molar-refractivity contribution < 1.29 is 14.3 Å². The molecule has 30 heavy (non-hydrogen) atoms. The topological polar surface area (TPSA) is 98.1 Å². The van der Waals surface area contributed by atoms with E-state index in [9.17, 15) is 9.59 Å². The molecule has 0 fully saturated rings. The van der Waals surface area contributed by atoms with E-state index in [-0.39, 0.29) is 18.4 Å². The Morgan fingerprint density at radius 3 is 2.57 bits per heavy atom. The average Bonchev–Trinajstić information content (AvgIpc) is 3.20. The van der Waals surface area contributed by atoms with Crippen LogP contribution in [-0.4, -0.2) is 33.7 Å². The lowest BCUT2D eigenvalue weighted by Crippen LogP contribution is -2.19. The van der Waals surface area contributed by atoms with Crippen LogP contribution in [0, 0.1) is 0 Å². The Hall–Kier alpha value is -4.20. The van der Waals surface area contributed by atoms with Crippen molar-refractivity contribution in [2.75, 3.05) is 17.7 Å². The van der Waals surface area contributed by atoms with Crippen molar-refractivity contribution in [3.8, 4) is 5.75 Å². The van der Waals surface area contributed by atoms with E-state index in [1.807, 2.05) is 30.3 Å². The number of hydrogen-bond acceptors (Lipinski definition) is 5. The first-order chi connectivity index (χ1) is 14.6. The number of methoxy groups -OCH3 is 1. The Labute approximate surface area is 172 Å². The molecular weight excluding hydrogens is 382 g/mol. The van der Waals surface area contributed by atoms with Gasteiger partial charge in [-0.1, -0.05) is 24.3 Å². The van der Waals surface area contributed by atoms with Crippen LogP contribution in [0.4, 0.5) is 11.4 Å². The van der Waals surface area contributed by atoms with E-state index in [0.29, 0.717) is 22.8 Å². The summed E-state index contributed by atoms with van der Waals surface area (Å²) >= 11 is 0. The number of amides is 2. The highest BCUT2D eigenvalue weighted by Gasteiger charge is 2.11. The number of carbonyl (C=O) groups excluding carboxylic acids is 2. The van der Waals surface area contributed by atoms with Crippen molar-refractivity contribution in [3.63, 3.8) is 0 Å². The highest BCUT2D eigenvalue weighted by Crippen LogP contribution is 2.16. The smallest absolute Gasteiger partial charge is 0.274 e. The van der Waals surface area contributed by atoms with Gasteiger partial charge in [0.2, 0.25) is 5.91 Å². The van der Waals surface area contributed by atoms with Crippen LogP contribution in [0.5, 0.6) is 5.75 Å². The molecule has 0 saturated heterocycles. The van der Waals surface area contributed by atoms with Crippen molar-refractivity contribution in [2.24, 2.45) is 0 Å². The van der Waals surface area contributed by atoms with Crippen LogP contribution in [0.15, 0.2) is 73.1 Å². The number of nitrogens with one attached hydrogen (secondary N) is 2. The van der Waals surface area contributed by atoms with Gasteiger partial charge in [-0.2, -0.15) is 5.10 Å². The summed E-state index contributed by atoms with van der Waals surface area (Å²) in [6.45, 7) is 0.0100. The second-order valence-electron chi connectivity index (χ2n) is 6.55. The van der Waals surface area contributed by atoms with E-state index in [2.05, 4.69) is 20.7 Å². The molecule has 0 unspecified atom stereocenters. The largest absolute Gasteiger partial charge is 0.497 e. The average molecular weight is 401 g/mol. The minimum Gasteiger partial charge on any atom is -0.497 e. The van der Waals surface area contributed by atoms with E-state index in [0.717, 1.165) is 10.9 Å². The third-order valence-corrected chi connectivity index (χ3v) is 4.40. The van der Waals surface area contributed by atoms with Crippen LogP contribution in [-0.2, 0) is 11.3 Å². The van der Waals surface area contributed by atoms with Gasteiger partial charge in [-0.3, -0.25) is 14.3 Å². The van der Waals surface area contributed by atoms with E-state index in [1.165, 1.54) is 10.9 Å². The summed E-state index contributed by atoms with van der Waals surface area (Å²) in [5.74, 6) is 0.127. The number of benzene rings is 2. The van der Waals surface area contributed by atoms with Gasteiger partial charge in [-0.25, -0.2) is 4.98 Å². The van der Waals surface area contributed by atoms with Crippen molar-refractivity contribution in [3.05, 3.63) is 78.8 Å². The number of nitrogens with zero attached hydrogens (tertiary/aromatic N) is 3. The van der Waals surface area contributed by atoms with Crippen LogP contribution in [0.25, 0.3) is 10.9 Å². The summed E-state index contributed by atoms with van der Waals surface area (Å²) < 4.78 is 6.54. The predicted molar refractivity (Wildman–Crippen MR) is 114 cm³/mol. The molecule has 0 bridgehead atoms. The van der Waals surface area contributed by atoms with Gasteiger partial charge in [-0.05, 0) is 36.4 Å². The molecular formula is C22H19N5O3. The molecule has 8 nitrogen and oxygen atoms in total. The second-order valence-corrected chi connectivity index (χ2v) is 6.55. The maximum absolute atomic E-state index is 12.5. The molecule has 0 aliphatic carbocycles. The van der Waals surface area contributed by atoms with Crippen molar-refractivity contribution in [2.45, 2.75) is 6.54 Å². The number of para-hydroxylation sites is 1. The zero-order chi connectivity index (χ0) is 20.9. The number of rotatable bonds is 6. The number of aromatic nitrogens is 3. The van der Waals surface area contributed by atoms with Gasteiger partial charge in [-0.15, -0.1) is 0 Å². The number of hydrogen-bond donors (Lipinski definition) is 2. The van der Waals surface area contributed by atoms with Crippen LogP contribution in [0.3, 0.4) is 0 Å². The molecule has 8 heteroatoms. The van der Waals surface area contributed by atoms with Crippen molar-refractivity contribution >= 4 is 34.1 Å². The van der Waals surface area contributed by atoms with E-state index in [1.54, 1.807) is 43.6 Å². The number of anilines is 2. The lowest BCUT2D eigenvalue weighted by Gasteiger charge is -2.06. The van der Waals surface area contributed by atoms with Gasteiger partial charge >= 0.3 is 0 Å². The van der Waals surface area contributed by atoms with Crippen LogP contribution in [0.2, 0.25) is 0 Å². The predicted octanol–water partition coefficient (Wildman–Crippen LogP) is 3.33. The maximum atomic E-state index is 12.5. The number of pyridine rings is 1. The highest BCUT2D eigenvalue weighted by molar-refractivity contribution is 6.04. The summed E-state index contributed by atoms with van der Waals surface area (Å²) in [4.78, 5) is 29.1. The minimum atomic E-state index is -0.344. The zero-order valence-corrected chi connectivity index (χ0v) is 16.2. The lowest BCUT2D eigenvalue weighted by molar-refractivity contribution is -0.116. The van der Waals surface area contributed by atoms with Gasteiger partial charge in [0.05, 0.1) is 24.5 Å². The molecule has 2 amide bonds. The Bertz CT molecular complexity index is 1200. The summed E-state index contributed by atoms with van der Waals surface area (Å²) in [6, 6.07) is 18.1. The second kappa shape index (κ2) is 8.44. The molecule has 150 valence electrons. The molecule has 0 saturated carbocycles. The molecule has 2 heterocycles. The zero-order valence-electron chi connectivity index (χ0n) is 16.2. The fourth-order valence-electron chi connectivity index (χ4n) is 2.92. The molecule has 0 aliphatic rings. The van der Waals surface area contributed by atoms with Crippen LogP contribution >= 0.6 is 0 Å². The van der Waals surface area contributed by atoms with E-state index in [4.69, 9.17) is 4.74 Å². The standard InChI is InChI=1S/C22H19N5O3/c1-30-18-9-7-16(8-10-18)24-21(28)14-27-13-17(12-23-27)25-22(29)20-11-6-15-4-2-3-5-19(15)26-20/h2-13H,14H2,1H3,(H,24,28)(H,25,29). The summed E-state index contributed by atoms with van der Waals surface area (Å²) in [7, 11) is 1.58. The Morgan fingerprint density at radius 1 is 0.967 bits per heavy atom. The molecule has 4 aromatic rings. The molecule has 0 spiro atoms. The van der Waals surface area contributed by atoms with Crippen LogP contribution < -0.4 is 15.4 Å². The van der Waals surface area contributed by atoms with Crippen LogP contribution in [0.1, 0.15) is 10.5 Å². The van der Waals surface area contributed by atoms with E-state index < -0.39 is 0 Å². The third kappa shape index (κ3) is 4.44. The summed E-state index contributed by atoms with van der Waals surface area (Å²) in [5.41, 5.74) is 2.19. The minimum absolute atomic E-state index is 0.0100. The first-order valence-corrected chi connectivity index (χ1v) is 9.24. The molecule has 0 radical (unpaired) electrons. The molecule has 2 N–H and O–H groups in total. The fourth-order valence-corrected chi connectivity index (χ4v) is 2.92. The van der Waals surface area contributed by atoms with Gasteiger partial charge in [0.1, 0.15) is 18.0 Å². The Kier molecular flexibility index (Phi) is 5.38. The highest BCUT2D eigenvalue weighted by atomic mass is 16.5. The Balaban J connectivity index is 1.36. The third-order valence-electron chi connectivity index (χ3n) is 4.40. The maximum Gasteiger partial charge on any atom is 0.274 e. The summed E-state index contributed by atoms with van der Waals surface area (Å²) in [5, 5.41) is 10.6. The van der Waals surface area contributed by atoms with E-state index >= 15 is 0 Å². The molecule has 2 aromatic heterocycles. The molecule has 4 rings (SSSR count). The molecule has 0 atom stereocenters. The van der Waals surface area contributed by atoms with Gasteiger partial charge in [0.15, 0.2) is 0 Å². The number of fused-ring (bicyclic) bond motifs is 1. The number of ether oxygens (including phenoxy) is 1. The lowest BCUT2D eigenvalue weighted by atomic mass is 10.2. The van der Waals surface area contributed by atoms with Gasteiger partial charge < -0.3 is 15.4 Å². The Morgan fingerprint density at radius 2 is 1.77 bits per heavy atom. The molecule has 0 aliphatic heterocycles. The fraction of sp³-hybridized carbons (Fsp3) is 0.0909. The first-order valence-electron chi connectivity index (χ1n) is 9.24. The normalized spacial score (nSPS) is 10.6. The molecule has 2 aromatic carbocycles. The number of carbonyl (C=O) groups is 2.